The van der Waals surface area contributed by atoms with Gasteiger partial charge in [-0.3, -0.25) is 0 Å². The summed E-state index contributed by atoms with van der Waals surface area (Å²) in [5.41, 5.74) is 0.0597. The molecule has 0 radical (unpaired) electrons. The molecule has 7 heteroatoms. The van der Waals surface area contributed by atoms with E-state index >= 15 is 0 Å². The van der Waals surface area contributed by atoms with E-state index in [1.54, 1.807) is 6.07 Å². The summed E-state index contributed by atoms with van der Waals surface area (Å²) in [5.74, 6) is -0.766. The molecule has 3 nitrogen and oxygen atoms in total. The lowest BCUT2D eigenvalue weighted by Crippen LogP contribution is -2.18. The van der Waals surface area contributed by atoms with Crippen LogP contribution in [0.15, 0.2) is 12.3 Å². The first-order valence-electron chi connectivity index (χ1n) is 3.24. The average molecular weight is 223 g/mol. The minimum absolute atomic E-state index is 0.0597. The molecule has 0 spiro atoms. The first-order chi connectivity index (χ1) is 6.42. The normalized spacial score (nSPS) is 10.8. The average Bonchev–Trinajstić information content (AvgIpc) is 2.06. The maximum absolute atomic E-state index is 11.7. The lowest BCUT2D eigenvalue weighted by Gasteiger charge is -2.08. The van der Waals surface area contributed by atoms with Crippen LogP contribution in [0.4, 0.5) is 13.2 Å². The number of ether oxygens (including phenoxy) is 1. The van der Waals surface area contributed by atoms with Crippen molar-refractivity contribution in [1.82, 2.24) is 4.98 Å². The number of pyridine rings is 1. The zero-order valence-corrected chi connectivity index (χ0v) is 7.23. The predicted octanol–water partition coefficient (Wildman–Crippen LogP) is 2.51. The van der Waals surface area contributed by atoms with E-state index < -0.39 is 12.2 Å². The van der Waals surface area contributed by atoms with Crippen molar-refractivity contribution in [3.05, 3.63) is 22.8 Å². The first-order valence-corrected chi connectivity index (χ1v) is 3.61. The summed E-state index contributed by atoms with van der Waals surface area (Å²) >= 11 is 5.38. The van der Waals surface area contributed by atoms with Crippen LogP contribution in [0.5, 0.6) is 5.88 Å². The Kier molecular flexibility index (Phi) is 2.81. The lowest BCUT2D eigenvalue weighted by atomic mass is 10.3. The van der Waals surface area contributed by atoms with Crippen molar-refractivity contribution in [3.8, 4) is 11.9 Å². The van der Waals surface area contributed by atoms with Crippen molar-refractivity contribution in [2.75, 3.05) is 0 Å². The lowest BCUT2D eigenvalue weighted by molar-refractivity contribution is -0.276. The zero-order valence-electron chi connectivity index (χ0n) is 6.47. The van der Waals surface area contributed by atoms with E-state index in [0.29, 0.717) is 0 Å². The summed E-state index contributed by atoms with van der Waals surface area (Å²) in [6.45, 7) is 0. The fourth-order valence-electron chi connectivity index (χ4n) is 0.671. The van der Waals surface area contributed by atoms with E-state index in [0.717, 1.165) is 12.3 Å². The molecule has 0 fully saturated rings. The molecule has 0 aliphatic rings. The van der Waals surface area contributed by atoms with Gasteiger partial charge in [0.25, 0.3) is 0 Å². The molecule has 74 valence electrons. The Morgan fingerprint density at radius 1 is 1.50 bits per heavy atom. The van der Waals surface area contributed by atoms with Gasteiger partial charge in [0, 0.05) is 6.20 Å². The number of nitrogens with zero attached hydrogens (tertiary/aromatic N) is 2. The minimum atomic E-state index is -4.84. The molecule has 0 amide bonds. The highest BCUT2D eigenvalue weighted by molar-refractivity contribution is 6.31. The van der Waals surface area contributed by atoms with Gasteiger partial charge in [-0.1, -0.05) is 11.6 Å². The van der Waals surface area contributed by atoms with E-state index in [1.807, 2.05) is 0 Å². The molecule has 0 aromatic carbocycles. The number of nitriles is 1. The van der Waals surface area contributed by atoms with Crippen LogP contribution in [-0.4, -0.2) is 11.3 Å². The number of rotatable bonds is 1. The third-order valence-electron chi connectivity index (χ3n) is 1.15. The highest BCUT2D eigenvalue weighted by Crippen LogP contribution is 2.27. The van der Waals surface area contributed by atoms with Crippen LogP contribution in [0.25, 0.3) is 0 Å². The van der Waals surface area contributed by atoms with Gasteiger partial charge in [-0.15, -0.1) is 13.2 Å². The smallest absolute Gasteiger partial charge is 0.386 e. The molecule has 1 heterocycles. The van der Waals surface area contributed by atoms with Gasteiger partial charge < -0.3 is 4.74 Å². The number of hydrogen-bond acceptors (Lipinski definition) is 3. The third-order valence-corrected chi connectivity index (χ3v) is 1.42. The molecule has 0 saturated carbocycles. The standard InChI is InChI=1S/C7H2ClF3N2O/c8-5-1-4(2-12)3-13-6(5)14-7(9,10)11/h1,3H. The monoisotopic (exact) mass is 222 g/mol. The minimum Gasteiger partial charge on any atom is -0.386 e. The highest BCUT2D eigenvalue weighted by Gasteiger charge is 2.32. The van der Waals surface area contributed by atoms with Gasteiger partial charge in [-0.25, -0.2) is 4.98 Å². The fourth-order valence-corrected chi connectivity index (χ4v) is 0.876. The number of hydrogen-bond donors (Lipinski definition) is 0. The first kappa shape index (κ1) is 10.6. The van der Waals surface area contributed by atoms with Crippen LogP contribution < -0.4 is 4.74 Å². The van der Waals surface area contributed by atoms with Gasteiger partial charge in [0.15, 0.2) is 0 Å². The summed E-state index contributed by atoms with van der Waals surface area (Å²) in [6.07, 6.45) is -3.91. The van der Waals surface area contributed by atoms with Gasteiger partial charge in [0.05, 0.1) is 5.56 Å². The molecule has 0 aliphatic carbocycles. The second kappa shape index (κ2) is 3.72. The van der Waals surface area contributed by atoms with E-state index in [-0.39, 0.29) is 10.6 Å². The Hall–Kier alpha value is -1.48. The molecule has 0 aliphatic heterocycles. The van der Waals surface area contributed by atoms with Crippen LogP contribution in [0.3, 0.4) is 0 Å². The molecule has 0 N–H and O–H groups in total. The van der Waals surface area contributed by atoms with Crippen molar-refractivity contribution in [2.24, 2.45) is 0 Å². The molecule has 0 unspecified atom stereocenters. The van der Waals surface area contributed by atoms with Gasteiger partial charge in [-0.2, -0.15) is 5.26 Å². The van der Waals surface area contributed by atoms with Crippen molar-refractivity contribution in [2.45, 2.75) is 6.36 Å². The van der Waals surface area contributed by atoms with Gasteiger partial charge in [0.1, 0.15) is 11.1 Å². The van der Waals surface area contributed by atoms with Crippen LogP contribution in [0.1, 0.15) is 5.56 Å². The predicted molar refractivity (Wildman–Crippen MR) is 40.6 cm³/mol. The Morgan fingerprint density at radius 2 is 2.14 bits per heavy atom. The van der Waals surface area contributed by atoms with Crippen LogP contribution in [0, 0.1) is 11.3 Å². The molecule has 1 aromatic heterocycles. The fraction of sp³-hybridized carbons (Fsp3) is 0.143. The van der Waals surface area contributed by atoms with Crippen molar-refractivity contribution in [1.29, 1.82) is 5.26 Å². The molecule has 0 atom stereocenters. The van der Waals surface area contributed by atoms with Crippen LogP contribution >= 0.6 is 11.6 Å². The Morgan fingerprint density at radius 3 is 2.57 bits per heavy atom. The zero-order chi connectivity index (χ0) is 10.8. The molecule has 14 heavy (non-hydrogen) atoms. The van der Waals surface area contributed by atoms with Gasteiger partial charge in [-0.05, 0) is 6.07 Å². The maximum atomic E-state index is 11.7. The largest absolute Gasteiger partial charge is 0.574 e. The molecular weight excluding hydrogens is 221 g/mol. The van der Waals surface area contributed by atoms with E-state index in [9.17, 15) is 13.2 Å². The van der Waals surface area contributed by atoms with Crippen molar-refractivity contribution in [3.63, 3.8) is 0 Å². The van der Waals surface area contributed by atoms with Gasteiger partial charge >= 0.3 is 6.36 Å². The quantitative estimate of drug-likeness (QED) is 0.733. The molecule has 0 bridgehead atoms. The maximum Gasteiger partial charge on any atom is 0.574 e. The summed E-state index contributed by atoms with van der Waals surface area (Å²) in [6, 6.07) is 2.71. The molecular formula is C7H2ClF3N2O. The van der Waals surface area contributed by atoms with E-state index in [2.05, 4.69) is 9.72 Å². The molecule has 0 saturated heterocycles. The Bertz CT molecular complexity index is 386. The van der Waals surface area contributed by atoms with Crippen LogP contribution in [-0.2, 0) is 0 Å². The summed E-state index contributed by atoms with van der Waals surface area (Å²) in [7, 11) is 0. The van der Waals surface area contributed by atoms with E-state index in [1.165, 1.54) is 0 Å². The van der Waals surface area contributed by atoms with Crippen molar-refractivity contribution < 1.29 is 17.9 Å². The Balaban J connectivity index is 2.97. The Labute approximate surface area is 81.7 Å². The molecule has 1 aromatic rings. The van der Waals surface area contributed by atoms with Crippen molar-refractivity contribution >= 4 is 11.6 Å². The second-order valence-corrected chi connectivity index (χ2v) is 2.58. The van der Waals surface area contributed by atoms with Gasteiger partial charge in [0.2, 0.25) is 5.88 Å². The summed E-state index contributed by atoms with van der Waals surface area (Å²) < 4.78 is 38.6. The topological polar surface area (TPSA) is 45.9 Å². The highest BCUT2D eigenvalue weighted by atomic mass is 35.5. The SMILES string of the molecule is N#Cc1cnc(OC(F)(F)F)c(Cl)c1. The number of aromatic nitrogens is 1. The van der Waals surface area contributed by atoms with E-state index in [4.69, 9.17) is 16.9 Å². The summed E-state index contributed by atoms with van der Waals surface area (Å²) in [4.78, 5) is 3.24. The second-order valence-electron chi connectivity index (χ2n) is 2.17. The third kappa shape index (κ3) is 2.78. The van der Waals surface area contributed by atoms with Crippen LogP contribution in [0.2, 0.25) is 5.02 Å². The molecule has 1 rings (SSSR count). The summed E-state index contributed by atoms with van der Waals surface area (Å²) in [5, 5.41) is 8.01. The number of alkyl halides is 3. The number of halogens is 4.